The molecule has 20 heavy (non-hydrogen) atoms. The van der Waals surface area contributed by atoms with Gasteiger partial charge < -0.3 is 9.88 Å². The molecular weight excluding hydrogens is 253 g/mol. The van der Waals surface area contributed by atoms with Crippen LogP contribution in [0.2, 0.25) is 0 Å². The molecule has 0 bridgehead atoms. The first-order valence-corrected chi connectivity index (χ1v) is 7.22. The van der Waals surface area contributed by atoms with Crippen LogP contribution in [-0.4, -0.2) is 16.1 Å². The van der Waals surface area contributed by atoms with E-state index in [1.807, 2.05) is 25.5 Å². The van der Waals surface area contributed by atoms with E-state index < -0.39 is 0 Å². The second-order valence-corrected chi connectivity index (χ2v) is 5.48. The Labute approximate surface area is 118 Å². The van der Waals surface area contributed by atoms with Crippen molar-refractivity contribution in [1.82, 2.24) is 14.9 Å². The molecular formula is C16H20FN3. The van der Waals surface area contributed by atoms with Crippen LogP contribution in [0.1, 0.15) is 35.7 Å². The third-order valence-electron chi connectivity index (χ3n) is 4.09. The number of halogens is 1. The summed E-state index contributed by atoms with van der Waals surface area (Å²) in [4.78, 5) is 4.28. The van der Waals surface area contributed by atoms with Crippen molar-refractivity contribution in [3.63, 3.8) is 0 Å². The summed E-state index contributed by atoms with van der Waals surface area (Å²) in [6.07, 6.45) is 7.17. The zero-order valence-electron chi connectivity index (χ0n) is 11.8. The molecule has 0 aliphatic carbocycles. The minimum atomic E-state index is -0.162. The molecule has 1 aromatic heterocycles. The number of aromatic nitrogens is 2. The molecule has 0 unspecified atom stereocenters. The molecule has 2 aromatic rings. The first kappa shape index (κ1) is 13.3. The summed E-state index contributed by atoms with van der Waals surface area (Å²) in [5, 5.41) is 3.51. The maximum Gasteiger partial charge on any atom is 0.123 e. The number of imidazole rings is 1. The van der Waals surface area contributed by atoms with Gasteiger partial charge in [-0.1, -0.05) is 6.07 Å². The molecule has 1 saturated heterocycles. The van der Waals surface area contributed by atoms with Crippen molar-refractivity contribution in [3.05, 3.63) is 53.4 Å². The summed E-state index contributed by atoms with van der Waals surface area (Å²) in [5.41, 5.74) is 3.48. The molecule has 1 aromatic carbocycles. The molecule has 3 nitrogen and oxygen atoms in total. The van der Waals surface area contributed by atoms with Gasteiger partial charge in [0.25, 0.3) is 0 Å². The Hall–Kier alpha value is -1.68. The van der Waals surface area contributed by atoms with Gasteiger partial charge in [0.15, 0.2) is 0 Å². The van der Waals surface area contributed by atoms with Crippen LogP contribution in [0.3, 0.4) is 0 Å². The summed E-state index contributed by atoms with van der Waals surface area (Å²) in [6.45, 7) is 3.94. The highest BCUT2D eigenvalue weighted by molar-refractivity contribution is 5.26. The van der Waals surface area contributed by atoms with E-state index >= 15 is 0 Å². The van der Waals surface area contributed by atoms with Crippen LogP contribution in [0.4, 0.5) is 4.39 Å². The number of hydrogen-bond donors (Lipinski definition) is 1. The van der Waals surface area contributed by atoms with Crippen LogP contribution in [-0.2, 0) is 13.0 Å². The Morgan fingerprint density at radius 3 is 3.10 bits per heavy atom. The van der Waals surface area contributed by atoms with Gasteiger partial charge in [0.05, 0.1) is 12.0 Å². The molecule has 3 rings (SSSR count). The van der Waals surface area contributed by atoms with E-state index in [4.69, 9.17) is 0 Å². The van der Waals surface area contributed by atoms with Crippen LogP contribution in [0, 0.1) is 12.7 Å². The van der Waals surface area contributed by atoms with E-state index in [1.165, 1.54) is 30.2 Å². The van der Waals surface area contributed by atoms with Crippen molar-refractivity contribution in [3.8, 4) is 0 Å². The Morgan fingerprint density at radius 2 is 2.35 bits per heavy atom. The molecule has 0 saturated carbocycles. The zero-order valence-corrected chi connectivity index (χ0v) is 11.8. The average Bonchev–Trinajstić information content (AvgIpc) is 3.08. The zero-order chi connectivity index (χ0) is 13.9. The predicted octanol–water partition coefficient (Wildman–Crippen LogP) is 3.00. The monoisotopic (exact) mass is 273 g/mol. The number of nitrogens with one attached hydrogen (secondary N) is 1. The van der Waals surface area contributed by atoms with Crippen LogP contribution < -0.4 is 5.32 Å². The predicted molar refractivity (Wildman–Crippen MR) is 77.0 cm³/mol. The molecule has 0 amide bonds. The summed E-state index contributed by atoms with van der Waals surface area (Å²) < 4.78 is 15.3. The van der Waals surface area contributed by atoms with Crippen molar-refractivity contribution in [1.29, 1.82) is 0 Å². The average molecular weight is 273 g/mol. The van der Waals surface area contributed by atoms with Crippen molar-refractivity contribution in [2.24, 2.45) is 0 Å². The van der Waals surface area contributed by atoms with E-state index in [2.05, 4.69) is 14.9 Å². The number of aryl methyl sites for hydroxylation is 3. The molecule has 106 valence electrons. The Kier molecular flexibility index (Phi) is 3.83. The quantitative estimate of drug-likeness (QED) is 0.928. The maximum atomic E-state index is 13.1. The third kappa shape index (κ3) is 2.75. The lowest BCUT2D eigenvalue weighted by molar-refractivity contribution is 0.562. The minimum absolute atomic E-state index is 0.162. The molecule has 1 atom stereocenters. The maximum absolute atomic E-state index is 13.1. The molecule has 1 aliphatic rings. The summed E-state index contributed by atoms with van der Waals surface area (Å²) in [7, 11) is 0. The van der Waals surface area contributed by atoms with Crippen molar-refractivity contribution >= 4 is 0 Å². The summed E-state index contributed by atoms with van der Waals surface area (Å²) in [5.74, 6) is -0.162. The Balaban J connectivity index is 1.70. The normalized spacial score (nSPS) is 18.6. The molecule has 2 heterocycles. The van der Waals surface area contributed by atoms with E-state index in [1.54, 1.807) is 6.07 Å². The number of benzene rings is 1. The van der Waals surface area contributed by atoms with E-state index in [0.29, 0.717) is 6.04 Å². The first-order chi connectivity index (χ1) is 9.74. The number of hydrogen-bond acceptors (Lipinski definition) is 2. The SMILES string of the molecule is Cc1cc(F)ccc1CCn1cncc1[C@@H]1CCCN1. The van der Waals surface area contributed by atoms with Gasteiger partial charge in [-0.2, -0.15) is 0 Å². The van der Waals surface area contributed by atoms with Crippen molar-refractivity contribution in [2.75, 3.05) is 6.54 Å². The van der Waals surface area contributed by atoms with E-state index in [0.717, 1.165) is 25.1 Å². The second-order valence-electron chi connectivity index (χ2n) is 5.48. The molecule has 1 aliphatic heterocycles. The first-order valence-electron chi connectivity index (χ1n) is 7.22. The third-order valence-corrected chi connectivity index (χ3v) is 4.09. The standard InChI is InChI=1S/C16H20FN3/c1-12-9-14(17)5-4-13(12)6-8-20-11-18-10-16(20)15-3-2-7-19-15/h4-5,9-11,15,19H,2-3,6-8H2,1H3/t15-/m0/s1. The highest BCUT2D eigenvalue weighted by Crippen LogP contribution is 2.23. The Bertz CT molecular complexity index is 585. The van der Waals surface area contributed by atoms with Crippen LogP contribution in [0.15, 0.2) is 30.7 Å². The van der Waals surface area contributed by atoms with Gasteiger partial charge in [0.2, 0.25) is 0 Å². The molecule has 0 radical (unpaired) electrons. The topological polar surface area (TPSA) is 29.9 Å². The van der Waals surface area contributed by atoms with Gasteiger partial charge in [-0.15, -0.1) is 0 Å². The lowest BCUT2D eigenvalue weighted by Crippen LogP contribution is -2.17. The van der Waals surface area contributed by atoms with Gasteiger partial charge in [-0.3, -0.25) is 0 Å². The largest absolute Gasteiger partial charge is 0.333 e. The lowest BCUT2D eigenvalue weighted by atomic mass is 10.1. The molecule has 1 fully saturated rings. The fourth-order valence-corrected chi connectivity index (χ4v) is 2.93. The molecule has 1 N–H and O–H groups in total. The van der Waals surface area contributed by atoms with Crippen LogP contribution in [0.25, 0.3) is 0 Å². The second kappa shape index (κ2) is 5.75. The molecule has 4 heteroatoms. The van der Waals surface area contributed by atoms with Crippen LogP contribution in [0.5, 0.6) is 0 Å². The van der Waals surface area contributed by atoms with Crippen molar-refractivity contribution in [2.45, 2.75) is 38.8 Å². The van der Waals surface area contributed by atoms with Crippen molar-refractivity contribution < 1.29 is 4.39 Å². The highest BCUT2D eigenvalue weighted by Gasteiger charge is 2.19. The summed E-state index contributed by atoms with van der Waals surface area (Å²) >= 11 is 0. The number of nitrogens with zero attached hydrogens (tertiary/aromatic N) is 2. The summed E-state index contributed by atoms with van der Waals surface area (Å²) in [6, 6.07) is 5.46. The lowest BCUT2D eigenvalue weighted by Gasteiger charge is -2.14. The molecule has 0 spiro atoms. The fourth-order valence-electron chi connectivity index (χ4n) is 2.93. The van der Waals surface area contributed by atoms with E-state index in [-0.39, 0.29) is 5.82 Å². The Morgan fingerprint density at radius 1 is 1.45 bits per heavy atom. The minimum Gasteiger partial charge on any atom is -0.333 e. The van der Waals surface area contributed by atoms with Gasteiger partial charge in [0.1, 0.15) is 5.82 Å². The number of rotatable bonds is 4. The van der Waals surface area contributed by atoms with Gasteiger partial charge in [0, 0.05) is 18.8 Å². The van der Waals surface area contributed by atoms with Gasteiger partial charge in [-0.25, -0.2) is 9.37 Å². The van der Waals surface area contributed by atoms with Gasteiger partial charge in [-0.05, 0) is 56.0 Å². The van der Waals surface area contributed by atoms with Gasteiger partial charge >= 0.3 is 0 Å². The van der Waals surface area contributed by atoms with Crippen LogP contribution >= 0.6 is 0 Å². The smallest absolute Gasteiger partial charge is 0.123 e. The highest BCUT2D eigenvalue weighted by atomic mass is 19.1. The fraction of sp³-hybridized carbons (Fsp3) is 0.438. The van der Waals surface area contributed by atoms with E-state index in [9.17, 15) is 4.39 Å².